The normalized spacial score (nSPS) is 10.5. The van der Waals surface area contributed by atoms with Crippen LogP contribution in [0.2, 0.25) is 0 Å². The molecule has 7 nitrogen and oxygen atoms in total. The number of ether oxygens (including phenoxy) is 1. The van der Waals surface area contributed by atoms with Gasteiger partial charge in [0.05, 0.1) is 21.6 Å². The van der Waals surface area contributed by atoms with Crippen molar-refractivity contribution in [2.75, 3.05) is 12.4 Å². The fourth-order valence-corrected chi connectivity index (χ4v) is 1.56. The molecule has 1 aromatic rings. The molecule has 0 saturated carbocycles. The fourth-order valence-electron chi connectivity index (χ4n) is 1.09. The van der Waals surface area contributed by atoms with Crippen molar-refractivity contribution in [2.45, 2.75) is 6.42 Å². The molecule has 0 amide bonds. The van der Waals surface area contributed by atoms with Gasteiger partial charge >= 0.3 is 29.6 Å². The smallest absolute Gasteiger partial charge is 0.748 e. The molecule has 1 aromatic carbocycles. The second kappa shape index (κ2) is 7.70. The van der Waals surface area contributed by atoms with Gasteiger partial charge in [0, 0.05) is 17.9 Å². The van der Waals surface area contributed by atoms with Gasteiger partial charge in [0.2, 0.25) is 0 Å². The van der Waals surface area contributed by atoms with Gasteiger partial charge in [-0.1, -0.05) is 0 Å². The molecule has 0 atom stereocenters. The average molecular weight is 283 g/mol. The number of nitro benzene ring substituents is 1. The number of benzene rings is 1. The number of nitrogens with zero attached hydrogens (tertiary/aromatic N) is 1. The molecular weight excluding hydrogens is 273 g/mol. The Hall–Kier alpha value is -0.670. The van der Waals surface area contributed by atoms with Gasteiger partial charge in [-0.05, 0) is 18.6 Å². The summed E-state index contributed by atoms with van der Waals surface area (Å²) in [5.41, 5.74) is -0.0560. The topological polar surface area (TPSA) is 110 Å². The van der Waals surface area contributed by atoms with Crippen molar-refractivity contribution in [3.8, 4) is 5.75 Å². The Morgan fingerprint density at radius 1 is 1.22 bits per heavy atom. The molecule has 0 aromatic heterocycles. The van der Waals surface area contributed by atoms with Gasteiger partial charge < -0.3 is 9.29 Å². The molecule has 0 bridgehead atoms. The van der Waals surface area contributed by atoms with Gasteiger partial charge in [-0.2, -0.15) is 0 Å². The Morgan fingerprint density at radius 2 is 1.78 bits per heavy atom. The quantitative estimate of drug-likeness (QED) is 0.195. The van der Waals surface area contributed by atoms with Crippen LogP contribution >= 0.6 is 0 Å². The molecular formula is C9H10NNaO6S. The summed E-state index contributed by atoms with van der Waals surface area (Å²) in [6.45, 7) is 0.0687. The molecule has 0 fully saturated rings. The van der Waals surface area contributed by atoms with Gasteiger partial charge in [-0.15, -0.1) is 0 Å². The van der Waals surface area contributed by atoms with Crippen molar-refractivity contribution < 1.29 is 52.2 Å². The number of hydrogen-bond acceptors (Lipinski definition) is 6. The average Bonchev–Trinajstić information content (AvgIpc) is 2.24. The first kappa shape index (κ1) is 17.3. The molecule has 9 heteroatoms. The molecule has 94 valence electrons. The maximum absolute atomic E-state index is 10.3. The van der Waals surface area contributed by atoms with Crippen LogP contribution in [0.25, 0.3) is 0 Å². The summed E-state index contributed by atoms with van der Waals surface area (Å²) >= 11 is 0. The van der Waals surface area contributed by atoms with E-state index in [-0.39, 0.29) is 48.3 Å². The van der Waals surface area contributed by atoms with Crippen LogP contribution in [0.1, 0.15) is 6.42 Å². The van der Waals surface area contributed by atoms with Gasteiger partial charge in [0.25, 0.3) is 5.69 Å². The molecule has 0 radical (unpaired) electrons. The van der Waals surface area contributed by atoms with Crippen LogP contribution < -0.4 is 34.3 Å². The Labute approximate surface area is 126 Å². The zero-order chi connectivity index (χ0) is 12.9. The minimum Gasteiger partial charge on any atom is -0.748 e. The monoisotopic (exact) mass is 283 g/mol. The van der Waals surface area contributed by atoms with E-state index >= 15 is 0 Å². The molecule has 0 saturated heterocycles. The maximum Gasteiger partial charge on any atom is 1.00 e. The molecule has 0 aliphatic rings. The van der Waals surface area contributed by atoms with E-state index in [0.717, 1.165) is 0 Å². The summed E-state index contributed by atoms with van der Waals surface area (Å²) in [6.07, 6.45) is 0.0861. The summed E-state index contributed by atoms with van der Waals surface area (Å²) in [6, 6.07) is 5.37. The minimum atomic E-state index is -4.22. The van der Waals surface area contributed by atoms with Crippen molar-refractivity contribution >= 4 is 15.8 Å². The zero-order valence-corrected chi connectivity index (χ0v) is 12.6. The molecule has 0 aliphatic heterocycles. The summed E-state index contributed by atoms with van der Waals surface area (Å²) in [7, 11) is -4.22. The van der Waals surface area contributed by atoms with Crippen LogP contribution in [0.4, 0.5) is 5.69 Å². The standard InChI is InChI=1S/C9H11NO6S.Na/c11-10(12)8-2-4-9(5-3-8)16-6-1-7-17(13,14)15;/h2-5H,1,6-7H2,(H,13,14,15);/q;+1/p-1. The summed E-state index contributed by atoms with van der Waals surface area (Å²) < 4.78 is 35.9. The van der Waals surface area contributed by atoms with Crippen molar-refractivity contribution in [1.82, 2.24) is 0 Å². The third-order valence-electron chi connectivity index (χ3n) is 1.85. The predicted molar refractivity (Wildman–Crippen MR) is 57.8 cm³/mol. The summed E-state index contributed by atoms with van der Waals surface area (Å²) in [5, 5.41) is 10.3. The minimum absolute atomic E-state index is 0. The van der Waals surface area contributed by atoms with E-state index in [9.17, 15) is 23.1 Å². The SMILES string of the molecule is O=[N+]([O-])c1ccc(OCCCS(=O)(=O)[O-])cc1.[Na+]. The number of rotatable bonds is 6. The van der Waals surface area contributed by atoms with Crippen LogP contribution in [0, 0.1) is 10.1 Å². The summed E-state index contributed by atoms with van der Waals surface area (Å²) in [5.74, 6) is -0.0983. The second-order valence-corrected chi connectivity index (χ2v) is 4.74. The van der Waals surface area contributed by atoms with Crippen LogP contribution in [-0.4, -0.2) is 30.3 Å². The second-order valence-electron chi connectivity index (χ2n) is 3.21. The van der Waals surface area contributed by atoms with Crippen molar-refractivity contribution in [2.24, 2.45) is 0 Å². The van der Waals surface area contributed by atoms with Gasteiger partial charge in [-0.3, -0.25) is 10.1 Å². The van der Waals surface area contributed by atoms with E-state index in [1.54, 1.807) is 0 Å². The van der Waals surface area contributed by atoms with E-state index in [1.165, 1.54) is 24.3 Å². The zero-order valence-electron chi connectivity index (χ0n) is 9.74. The number of non-ortho nitro benzene ring substituents is 1. The van der Waals surface area contributed by atoms with Crippen molar-refractivity contribution in [1.29, 1.82) is 0 Å². The fraction of sp³-hybridized carbons (Fsp3) is 0.333. The van der Waals surface area contributed by atoms with Crippen LogP contribution in [0.5, 0.6) is 5.75 Å². The van der Waals surface area contributed by atoms with Gasteiger partial charge in [0.1, 0.15) is 5.75 Å². The largest absolute Gasteiger partial charge is 1.00 e. The Balaban J connectivity index is 0.00000289. The first-order chi connectivity index (χ1) is 7.88. The molecule has 0 unspecified atom stereocenters. The van der Waals surface area contributed by atoms with Crippen LogP contribution in [-0.2, 0) is 10.1 Å². The molecule has 1 rings (SSSR count). The maximum atomic E-state index is 10.3. The van der Waals surface area contributed by atoms with Gasteiger partial charge in [0.15, 0.2) is 0 Å². The van der Waals surface area contributed by atoms with Crippen LogP contribution in [0.15, 0.2) is 24.3 Å². The first-order valence-corrected chi connectivity index (χ1v) is 6.27. The molecule has 0 spiro atoms. The Bertz CT molecular complexity index is 486. The van der Waals surface area contributed by atoms with Crippen molar-refractivity contribution in [3.05, 3.63) is 34.4 Å². The van der Waals surface area contributed by atoms with E-state index in [2.05, 4.69) is 0 Å². The number of nitro groups is 1. The molecule has 18 heavy (non-hydrogen) atoms. The third-order valence-corrected chi connectivity index (χ3v) is 2.64. The van der Waals surface area contributed by atoms with Gasteiger partial charge in [-0.25, -0.2) is 8.42 Å². The Morgan fingerprint density at radius 3 is 2.22 bits per heavy atom. The predicted octanol–water partition coefficient (Wildman–Crippen LogP) is -2.09. The Kier molecular flexibility index (Phi) is 7.41. The molecule has 0 aliphatic carbocycles. The van der Waals surface area contributed by atoms with Crippen molar-refractivity contribution in [3.63, 3.8) is 0 Å². The molecule has 0 N–H and O–H groups in total. The van der Waals surface area contributed by atoms with E-state index in [4.69, 9.17) is 4.74 Å². The van der Waals surface area contributed by atoms with E-state index < -0.39 is 20.8 Å². The van der Waals surface area contributed by atoms with E-state index in [0.29, 0.717) is 5.75 Å². The number of hydrogen-bond donors (Lipinski definition) is 0. The molecule has 0 heterocycles. The summed E-state index contributed by atoms with van der Waals surface area (Å²) in [4.78, 5) is 9.81. The van der Waals surface area contributed by atoms with E-state index in [1.807, 2.05) is 0 Å². The van der Waals surface area contributed by atoms with Crippen LogP contribution in [0.3, 0.4) is 0 Å². The first-order valence-electron chi connectivity index (χ1n) is 4.69. The third kappa shape index (κ3) is 6.92.